The summed E-state index contributed by atoms with van der Waals surface area (Å²) in [5, 5.41) is 10.8. The fourth-order valence-electron chi connectivity index (χ4n) is 4.51. The zero-order valence-corrected chi connectivity index (χ0v) is 22.7. The van der Waals surface area contributed by atoms with Crippen LogP contribution in [0.4, 0.5) is 5.69 Å². The largest absolute Gasteiger partial charge is 0.378 e. The second kappa shape index (κ2) is 13.6. The molecule has 3 aliphatic rings. The number of nitrogens with zero attached hydrogens (tertiary/aromatic N) is 4. The molecule has 210 valence electrons. The standard InChI is InChI=1S/C21H28N6O3.C8H7NO/c1-15(28)18(22)19(25-21(23)27-9-3-2-4-10-27)24-17-7-5-16(6-8-17)20(29)26-11-13-30-14-12-26;10-8-7-4-2-1-3-6(7)5-9-8/h5-8,22H,2-4,9-14H2,1H3,(H2,23,24,25);1-4H,5H2,(H,9,10). The van der Waals surface area contributed by atoms with E-state index in [1.54, 1.807) is 29.2 Å². The van der Waals surface area contributed by atoms with Crippen LogP contribution in [0.1, 0.15) is 52.5 Å². The Morgan fingerprint density at radius 1 is 0.950 bits per heavy atom. The molecule has 2 fully saturated rings. The molecule has 4 N–H and O–H groups in total. The van der Waals surface area contributed by atoms with Crippen LogP contribution in [0.15, 0.2) is 58.5 Å². The van der Waals surface area contributed by atoms with Crippen LogP contribution in [0.25, 0.3) is 0 Å². The number of morpholine rings is 1. The van der Waals surface area contributed by atoms with Gasteiger partial charge in [-0.2, -0.15) is 4.99 Å². The first-order valence-electron chi connectivity index (χ1n) is 13.4. The minimum Gasteiger partial charge on any atom is -0.378 e. The Balaban J connectivity index is 0.000000307. The van der Waals surface area contributed by atoms with Crippen LogP contribution >= 0.6 is 0 Å². The SMILES string of the molecule is CC(=O)C(=N)C(=Nc1ccc(C(=O)N2CCOCC2)cc1)N=C(N)N1CCCCC1.O=C1NCc2ccccc21. The summed E-state index contributed by atoms with van der Waals surface area (Å²) in [5.41, 5.74) is 8.78. The van der Waals surface area contributed by atoms with Gasteiger partial charge in [-0.3, -0.25) is 19.8 Å². The summed E-state index contributed by atoms with van der Waals surface area (Å²) in [4.78, 5) is 47.6. The molecule has 2 aromatic rings. The lowest BCUT2D eigenvalue weighted by molar-refractivity contribution is -0.110. The van der Waals surface area contributed by atoms with Gasteiger partial charge < -0.3 is 25.6 Å². The van der Waals surface area contributed by atoms with E-state index in [2.05, 4.69) is 15.3 Å². The van der Waals surface area contributed by atoms with Crippen molar-refractivity contribution in [2.24, 2.45) is 15.7 Å². The van der Waals surface area contributed by atoms with Gasteiger partial charge in [0.05, 0.1) is 18.9 Å². The molecule has 2 aromatic carbocycles. The summed E-state index contributed by atoms with van der Waals surface area (Å²) >= 11 is 0. The summed E-state index contributed by atoms with van der Waals surface area (Å²) in [6.07, 6.45) is 3.22. The quantitative estimate of drug-likeness (QED) is 0.396. The van der Waals surface area contributed by atoms with E-state index in [0.29, 0.717) is 44.1 Å². The van der Waals surface area contributed by atoms with Crippen molar-refractivity contribution < 1.29 is 19.1 Å². The highest BCUT2D eigenvalue weighted by molar-refractivity contribution is 6.66. The van der Waals surface area contributed by atoms with E-state index >= 15 is 0 Å². The minimum atomic E-state index is -0.442. The molecular formula is C29H35N7O4. The topological polar surface area (TPSA) is 154 Å². The molecule has 5 rings (SSSR count). The molecule has 2 saturated heterocycles. The zero-order chi connectivity index (χ0) is 28.5. The van der Waals surface area contributed by atoms with Gasteiger partial charge in [0.2, 0.25) is 0 Å². The van der Waals surface area contributed by atoms with Gasteiger partial charge >= 0.3 is 0 Å². The van der Waals surface area contributed by atoms with E-state index in [0.717, 1.165) is 43.5 Å². The summed E-state index contributed by atoms with van der Waals surface area (Å²) in [6, 6.07) is 14.3. The summed E-state index contributed by atoms with van der Waals surface area (Å²) < 4.78 is 5.28. The highest BCUT2D eigenvalue weighted by Gasteiger charge is 2.20. The second-order valence-electron chi connectivity index (χ2n) is 9.68. The van der Waals surface area contributed by atoms with Crippen LogP contribution in [0.5, 0.6) is 0 Å². The molecule has 0 aromatic heterocycles. The smallest absolute Gasteiger partial charge is 0.254 e. The van der Waals surface area contributed by atoms with E-state index in [9.17, 15) is 14.4 Å². The Morgan fingerprint density at radius 3 is 2.27 bits per heavy atom. The van der Waals surface area contributed by atoms with Crippen LogP contribution in [0.2, 0.25) is 0 Å². The first-order valence-corrected chi connectivity index (χ1v) is 13.4. The number of carbonyl (C=O) groups excluding carboxylic acids is 3. The van der Waals surface area contributed by atoms with Crippen LogP contribution in [0, 0.1) is 5.41 Å². The number of nitrogens with two attached hydrogens (primary N) is 1. The van der Waals surface area contributed by atoms with Gasteiger partial charge in [0.15, 0.2) is 17.6 Å². The number of Topliss-reactive ketones (excluding diaryl/α,β-unsaturated/α-hetero) is 1. The van der Waals surface area contributed by atoms with Crippen molar-refractivity contribution in [2.75, 3.05) is 39.4 Å². The summed E-state index contributed by atoms with van der Waals surface area (Å²) in [7, 11) is 0. The third kappa shape index (κ3) is 7.38. The average Bonchev–Trinajstić information content (AvgIpc) is 3.38. The average molecular weight is 546 g/mol. The number of piperidine rings is 1. The van der Waals surface area contributed by atoms with Crippen molar-refractivity contribution in [3.8, 4) is 0 Å². The predicted octanol–water partition coefficient (Wildman–Crippen LogP) is 2.53. The lowest BCUT2D eigenvalue weighted by atomic mass is 10.1. The Labute approximate surface area is 233 Å². The van der Waals surface area contributed by atoms with Crippen molar-refractivity contribution in [3.05, 3.63) is 65.2 Å². The number of hydrogen-bond acceptors (Lipinski definition) is 6. The Kier molecular flexibility index (Phi) is 9.74. The Morgan fingerprint density at radius 2 is 1.62 bits per heavy atom. The van der Waals surface area contributed by atoms with Crippen molar-refractivity contribution >= 4 is 40.8 Å². The number of guanidine groups is 1. The van der Waals surface area contributed by atoms with Gasteiger partial charge in [0, 0.05) is 50.8 Å². The Bertz CT molecular complexity index is 1310. The molecule has 2 amide bonds. The summed E-state index contributed by atoms with van der Waals surface area (Å²) in [6.45, 7) is 5.82. The highest BCUT2D eigenvalue weighted by atomic mass is 16.5. The monoisotopic (exact) mass is 545 g/mol. The van der Waals surface area contributed by atoms with Crippen LogP contribution in [-0.4, -0.2) is 84.3 Å². The Hall–Kier alpha value is -4.38. The van der Waals surface area contributed by atoms with Crippen molar-refractivity contribution in [1.29, 1.82) is 5.41 Å². The minimum absolute atomic E-state index is 0.0298. The molecule has 0 radical (unpaired) electrons. The molecule has 0 bridgehead atoms. The number of hydrogen-bond donors (Lipinski definition) is 3. The van der Waals surface area contributed by atoms with E-state index < -0.39 is 5.78 Å². The first-order chi connectivity index (χ1) is 19.3. The molecule has 0 unspecified atom stereocenters. The third-order valence-corrected chi connectivity index (χ3v) is 6.83. The molecule has 3 aliphatic heterocycles. The van der Waals surface area contributed by atoms with Crippen molar-refractivity contribution in [2.45, 2.75) is 32.7 Å². The maximum absolute atomic E-state index is 12.6. The van der Waals surface area contributed by atoms with E-state index in [1.165, 1.54) is 6.92 Å². The normalized spacial score (nSPS) is 17.4. The molecule has 0 spiro atoms. The molecule has 11 heteroatoms. The fourth-order valence-corrected chi connectivity index (χ4v) is 4.51. The second-order valence-corrected chi connectivity index (χ2v) is 9.68. The van der Waals surface area contributed by atoms with Gasteiger partial charge in [-0.25, -0.2) is 4.99 Å². The third-order valence-electron chi connectivity index (χ3n) is 6.83. The molecule has 0 atom stereocenters. The molecule has 0 saturated carbocycles. The fraction of sp³-hybridized carbons (Fsp3) is 0.379. The van der Waals surface area contributed by atoms with Crippen LogP contribution in [0.3, 0.4) is 0 Å². The van der Waals surface area contributed by atoms with Crippen LogP contribution < -0.4 is 11.1 Å². The van der Waals surface area contributed by atoms with Crippen molar-refractivity contribution in [1.82, 2.24) is 15.1 Å². The zero-order valence-electron chi connectivity index (χ0n) is 22.7. The predicted molar refractivity (Wildman–Crippen MR) is 153 cm³/mol. The lowest BCUT2D eigenvalue weighted by Gasteiger charge is -2.27. The maximum Gasteiger partial charge on any atom is 0.254 e. The summed E-state index contributed by atoms with van der Waals surface area (Å²) in [5.74, 6) is -0.215. The van der Waals surface area contributed by atoms with E-state index in [-0.39, 0.29) is 29.3 Å². The van der Waals surface area contributed by atoms with E-state index in [1.807, 2.05) is 29.2 Å². The first kappa shape index (κ1) is 28.6. The number of benzene rings is 2. The number of ketones is 1. The lowest BCUT2D eigenvalue weighted by Crippen LogP contribution is -2.41. The van der Waals surface area contributed by atoms with Gasteiger partial charge in [0.25, 0.3) is 11.8 Å². The number of rotatable bonds is 4. The number of carbonyl (C=O) groups is 3. The van der Waals surface area contributed by atoms with Gasteiger partial charge in [0.1, 0.15) is 5.71 Å². The van der Waals surface area contributed by atoms with Crippen molar-refractivity contribution in [3.63, 3.8) is 0 Å². The maximum atomic E-state index is 12.6. The van der Waals surface area contributed by atoms with E-state index in [4.69, 9.17) is 15.9 Å². The number of fused-ring (bicyclic) bond motifs is 1. The number of ether oxygens (including phenoxy) is 1. The number of nitrogens with one attached hydrogen (secondary N) is 2. The highest BCUT2D eigenvalue weighted by Crippen LogP contribution is 2.17. The number of amidine groups is 1. The molecular weight excluding hydrogens is 510 g/mol. The number of aliphatic imine (C=N–C) groups is 2. The van der Waals surface area contributed by atoms with Crippen LogP contribution in [-0.2, 0) is 16.1 Å². The molecule has 0 aliphatic carbocycles. The molecule has 3 heterocycles. The number of likely N-dealkylation sites (tertiary alicyclic amines) is 1. The van der Waals surface area contributed by atoms with Gasteiger partial charge in [-0.05, 0) is 55.2 Å². The van der Waals surface area contributed by atoms with Gasteiger partial charge in [-0.1, -0.05) is 18.2 Å². The number of amides is 2. The molecule has 40 heavy (non-hydrogen) atoms. The van der Waals surface area contributed by atoms with Gasteiger partial charge in [-0.15, -0.1) is 0 Å². The molecule has 11 nitrogen and oxygen atoms in total.